The maximum atomic E-state index is 11.1. The summed E-state index contributed by atoms with van der Waals surface area (Å²) in [4.78, 5) is 15.8. The zero-order valence-corrected chi connectivity index (χ0v) is 16.5. The summed E-state index contributed by atoms with van der Waals surface area (Å²) in [6, 6.07) is 21.5. The molecule has 150 valence electrons. The Morgan fingerprint density at radius 1 is 0.900 bits per heavy atom. The fourth-order valence-electron chi connectivity index (χ4n) is 3.16. The van der Waals surface area contributed by atoms with Crippen LogP contribution in [-0.4, -0.2) is 25.3 Å². The van der Waals surface area contributed by atoms with Crippen molar-refractivity contribution in [3.8, 4) is 22.8 Å². The molecular weight excluding hydrogens is 382 g/mol. The van der Waals surface area contributed by atoms with Crippen LogP contribution in [0.15, 0.2) is 82.2 Å². The van der Waals surface area contributed by atoms with Crippen molar-refractivity contribution in [3.05, 3.63) is 83.7 Å². The highest BCUT2D eigenvalue weighted by molar-refractivity contribution is 5.88. The number of fused-ring (bicyclic) bond motifs is 1. The summed E-state index contributed by atoms with van der Waals surface area (Å²) in [5.41, 5.74) is 2.37. The van der Waals surface area contributed by atoms with Crippen LogP contribution in [0.5, 0.6) is 11.5 Å². The van der Waals surface area contributed by atoms with Crippen molar-refractivity contribution in [2.45, 2.75) is 0 Å². The van der Waals surface area contributed by atoms with Gasteiger partial charge in [-0.3, -0.25) is 0 Å². The number of carbonyl (C=O) groups is 1. The highest BCUT2D eigenvalue weighted by Crippen LogP contribution is 2.32. The molecule has 0 saturated carbocycles. The van der Waals surface area contributed by atoms with Crippen molar-refractivity contribution < 1.29 is 23.8 Å². The van der Waals surface area contributed by atoms with E-state index in [0.29, 0.717) is 33.9 Å². The lowest BCUT2D eigenvalue weighted by Gasteiger charge is -2.10. The minimum atomic E-state index is -0.971. The lowest BCUT2D eigenvalue weighted by atomic mass is 10.1. The second kappa shape index (κ2) is 8.13. The van der Waals surface area contributed by atoms with E-state index in [9.17, 15) is 4.79 Å². The monoisotopic (exact) mass is 401 g/mol. The first-order chi connectivity index (χ1) is 14.6. The van der Waals surface area contributed by atoms with Crippen molar-refractivity contribution in [1.29, 1.82) is 0 Å². The normalized spacial score (nSPS) is 11.5. The van der Waals surface area contributed by atoms with Gasteiger partial charge in [-0.15, -0.1) is 0 Å². The topological polar surface area (TPSA) is 81.3 Å². The lowest BCUT2D eigenvalue weighted by Crippen LogP contribution is -2.03. The number of hydrogen-bond donors (Lipinski definition) is 1. The van der Waals surface area contributed by atoms with Crippen LogP contribution < -0.4 is 14.8 Å². The molecule has 3 aromatic carbocycles. The van der Waals surface area contributed by atoms with Crippen molar-refractivity contribution in [3.63, 3.8) is 0 Å². The van der Waals surface area contributed by atoms with Gasteiger partial charge in [-0.2, -0.15) is 0 Å². The van der Waals surface area contributed by atoms with Gasteiger partial charge in [0, 0.05) is 17.0 Å². The summed E-state index contributed by atoms with van der Waals surface area (Å²) in [6.45, 7) is 0. The van der Waals surface area contributed by atoms with Gasteiger partial charge in [-0.1, -0.05) is 12.1 Å². The number of nitrogens with zero attached hydrogens (tertiary/aromatic N) is 1. The Labute approximate surface area is 172 Å². The maximum absolute atomic E-state index is 11.1. The molecule has 4 aromatic rings. The number of aromatic carboxylic acids is 1. The van der Waals surface area contributed by atoms with Crippen LogP contribution in [-0.2, 0) is 0 Å². The standard InChI is InChI=1S/C24H19NO5/c1-28-21-12-9-16(13-23(21)29-2)22-14-19(18-5-3-4-6-20(18)30-22)25-17-10-7-15(8-11-17)24(26)27/h3-14H,1-2H3,(H,26,27). The van der Waals surface area contributed by atoms with Gasteiger partial charge >= 0.3 is 5.97 Å². The molecule has 0 amide bonds. The third-order valence-electron chi connectivity index (χ3n) is 4.68. The number of carboxylic acid groups (broad SMARTS) is 1. The average molecular weight is 401 g/mol. The second-order valence-electron chi connectivity index (χ2n) is 6.53. The highest BCUT2D eigenvalue weighted by atomic mass is 16.5. The van der Waals surface area contributed by atoms with Crippen LogP contribution in [0.4, 0.5) is 5.69 Å². The van der Waals surface area contributed by atoms with E-state index in [0.717, 1.165) is 10.9 Å². The summed E-state index contributed by atoms with van der Waals surface area (Å²) < 4.78 is 16.8. The molecule has 30 heavy (non-hydrogen) atoms. The van der Waals surface area contributed by atoms with Crippen molar-refractivity contribution in [2.75, 3.05) is 14.2 Å². The van der Waals surface area contributed by atoms with E-state index in [4.69, 9.17) is 24.0 Å². The fourth-order valence-corrected chi connectivity index (χ4v) is 3.16. The number of hydrogen-bond acceptors (Lipinski definition) is 5. The first kappa shape index (κ1) is 19.3. The quantitative estimate of drug-likeness (QED) is 0.506. The van der Waals surface area contributed by atoms with Gasteiger partial charge in [0.05, 0.1) is 30.8 Å². The van der Waals surface area contributed by atoms with Crippen LogP contribution in [0.2, 0.25) is 0 Å². The third kappa shape index (κ3) is 3.75. The summed E-state index contributed by atoms with van der Waals surface area (Å²) in [7, 11) is 3.17. The molecule has 1 N–H and O–H groups in total. The molecule has 0 atom stereocenters. The molecule has 6 heteroatoms. The summed E-state index contributed by atoms with van der Waals surface area (Å²) in [6.07, 6.45) is 0. The van der Waals surface area contributed by atoms with Crippen molar-refractivity contribution in [1.82, 2.24) is 0 Å². The van der Waals surface area contributed by atoms with Crippen LogP contribution in [0.1, 0.15) is 10.4 Å². The molecule has 0 aliphatic carbocycles. The predicted molar refractivity (Wildman–Crippen MR) is 113 cm³/mol. The first-order valence-electron chi connectivity index (χ1n) is 9.22. The zero-order valence-electron chi connectivity index (χ0n) is 16.5. The Balaban J connectivity index is 1.89. The zero-order chi connectivity index (χ0) is 21.1. The average Bonchev–Trinajstić information content (AvgIpc) is 2.78. The minimum Gasteiger partial charge on any atom is -0.493 e. The molecule has 0 radical (unpaired) electrons. The third-order valence-corrected chi connectivity index (χ3v) is 4.68. The number of rotatable bonds is 5. The van der Waals surface area contributed by atoms with E-state index in [2.05, 4.69) is 0 Å². The summed E-state index contributed by atoms with van der Waals surface area (Å²) in [5, 5.41) is 10.7. The Bertz CT molecular complexity index is 1290. The number of ether oxygens (including phenoxy) is 2. The lowest BCUT2D eigenvalue weighted by molar-refractivity contribution is 0.0697. The smallest absolute Gasteiger partial charge is 0.335 e. The molecule has 0 saturated heterocycles. The number of para-hydroxylation sites is 1. The van der Waals surface area contributed by atoms with E-state index in [1.165, 1.54) is 12.1 Å². The molecule has 0 bridgehead atoms. The van der Waals surface area contributed by atoms with Gasteiger partial charge in [-0.05, 0) is 54.6 Å². The van der Waals surface area contributed by atoms with Crippen molar-refractivity contribution >= 4 is 22.6 Å². The minimum absolute atomic E-state index is 0.216. The number of benzene rings is 3. The molecule has 6 nitrogen and oxygen atoms in total. The molecular formula is C24H19NO5. The first-order valence-corrected chi connectivity index (χ1v) is 9.22. The second-order valence-corrected chi connectivity index (χ2v) is 6.53. The van der Waals surface area contributed by atoms with Gasteiger partial charge in [0.25, 0.3) is 0 Å². The van der Waals surface area contributed by atoms with E-state index in [1.54, 1.807) is 26.4 Å². The van der Waals surface area contributed by atoms with E-state index in [1.807, 2.05) is 48.5 Å². The SMILES string of the molecule is COc1ccc(-c2cc(=Nc3ccc(C(=O)O)cc3)c3ccccc3o2)cc1OC. The maximum Gasteiger partial charge on any atom is 0.335 e. The van der Waals surface area contributed by atoms with E-state index < -0.39 is 5.97 Å². The van der Waals surface area contributed by atoms with Gasteiger partial charge in [-0.25, -0.2) is 9.79 Å². The summed E-state index contributed by atoms with van der Waals surface area (Å²) >= 11 is 0. The Morgan fingerprint density at radius 3 is 2.33 bits per heavy atom. The van der Waals surface area contributed by atoms with Crippen LogP contribution in [0.25, 0.3) is 22.3 Å². The molecule has 1 heterocycles. The molecule has 4 rings (SSSR count). The largest absolute Gasteiger partial charge is 0.493 e. The van der Waals surface area contributed by atoms with Gasteiger partial charge in [0.15, 0.2) is 11.5 Å². The van der Waals surface area contributed by atoms with Crippen LogP contribution in [0.3, 0.4) is 0 Å². The van der Waals surface area contributed by atoms with E-state index in [-0.39, 0.29) is 5.56 Å². The summed E-state index contributed by atoms with van der Waals surface area (Å²) in [5.74, 6) is 0.878. The molecule has 0 aliphatic heterocycles. The highest BCUT2D eigenvalue weighted by Gasteiger charge is 2.10. The molecule has 0 spiro atoms. The Hall–Kier alpha value is -4.06. The molecule has 0 fully saturated rings. The van der Waals surface area contributed by atoms with Crippen LogP contribution >= 0.6 is 0 Å². The van der Waals surface area contributed by atoms with Gasteiger partial charge < -0.3 is 19.0 Å². The molecule has 0 aliphatic rings. The number of carboxylic acids is 1. The van der Waals surface area contributed by atoms with Crippen LogP contribution in [0, 0.1) is 0 Å². The molecule has 0 unspecified atom stereocenters. The Morgan fingerprint density at radius 2 is 1.63 bits per heavy atom. The van der Waals surface area contributed by atoms with Crippen molar-refractivity contribution in [2.24, 2.45) is 4.99 Å². The Kier molecular flexibility index (Phi) is 5.22. The molecule has 1 aromatic heterocycles. The van der Waals surface area contributed by atoms with Gasteiger partial charge in [0.1, 0.15) is 11.3 Å². The fraction of sp³-hybridized carbons (Fsp3) is 0.0833. The van der Waals surface area contributed by atoms with Gasteiger partial charge in [0.2, 0.25) is 0 Å². The number of methoxy groups -OCH3 is 2. The predicted octanol–water partition coefficient (Wildman–Crippen LogP) is 5.05. The van der Waals surface area contributed by atoms with E-state index >= 15 is 0 Å².